The van der Waals surface area contributed by atoms with Crippen molar-refractivity contribution in [2.75, 3.05) is 32.9 Å². The molecule has 0 aromatic rings. The molecule has 0 spiro atoms. The lowest BCUT2D eigenvalue weighted by Crippen LogP contribution is -2.44. The molecule has 0 saturated carbocycles. The molecule has 3 nitrogen and oxygen atoms in total. The Morgan fingerprint density at radius 1 is 1.30 bits per heavy atom. The summed E-state index contributed by atoms with van der Waals surface area (Å²) in [5.41, 5.74) is 0.0732. The minimum absolute atomic E-state index is 0.0732. The highest BCUT2D eigenvalue weighted by molar-refractivity contribution is 4.88. The van der Waals surface area contributed by atoms with E-state index in [9.17, 15) is 0 Å². The fourth-order valence-corrected chi connectivity index (χ4v) is 1.32. The summed E-state index contributed by atoms with van der Waals surface area (Å²) in [5, 5.41) is 0. The van der Waals surface area contributed by atoms with Gasteiger partial charge in [0.15, 0.2) is 0 Å². The molecule has 1 atom stereocenters. The molecule has 2 heterocycles. The van der Waals surface area contributed by atoms with Crippen molar-refractivity contribution < 1.29 is 9.47 Å². The summed E-state index contributed by atoms with van der Waals surface area (Å²) < 4.78 is 10.5. The van der Waals surface area contributed by atoms with Crippen molar-refractivity contribution in [3.63, 3.8) is 0 Å². The van der Waals surface area contributed by atoms with Crippen LogP contribution in [0.5, 0.6) is 0 Å². The first-order valence-electron chi connectivity index (χ1n) is 3.78. The van der Waals surface area contributed by atoms with E-state index in [2.05, 4.69) is 11.8 Å². The van der Waals surface area contributed by atoms with E-state index in [1.54, 1.807) is 0 Å². The minimum Gasteiger partial charge on any atom is -0.379 e. The van der Waals surface area contributed by atoms with Crippen LogP contribution in [0.25, 0.3) is 0 Å². The average Bonchev–Trinajstić information content (AvgIpc) is 2.72. The second-order valence-electron chi connectivity index (χ2n) is 3.06. The van der Waals surface area contributed by atoms with Crippen LogP contribution in [0.1, 0.15) is 6.92 Å². The van der Waals surface area contributed by atoms with Crippen LogP contribution in [0.15, 0.2) is 0 Å². The number of morpholine rings is 1. The van der Waals surface area contributed by atoms with Crippen LogP contribution < -0.4 is 0 Å². The van der Waals surface area contributed by atoms with E-state index in [1.807, 2.05) is 0 Å². The lowest BCUT2D eigenvalue weighted by Gasteiger charge is -2.29. The third-order valence-electron chi connectivity index (χ3n) is 2.24. The Balaban J connectivity index is 1.91. The van der Waals surface area contributed by atoms with Crippen molar-refractivity contribution in [2.24, 2.45) is 0 Å². The molecule has 0 aromatic heterocycles. The van der Waals surface area contributed by atoms with Crippen molar-refractivity contribution in [3.05, 3.63) is 0 Å². The fraction of sp³-hybridized carbons (Fsp3) is 1.00. The number of rotatable bonds is 1. The van der Waals surface area contributed by atoms with Crippen LogP contribution in [0, 0.1) is 0 Å². The standard InChI is InChI=1S/C7H13NO2/c1-7(6-10-7)8-2-4-9-5-3-8/h2-6H2,1H3. The lowest BCUT2D eigenvalue weighted by molar-refractivity contribution is -0.0159. The van der Waals surface area contributed by atoms with Gasteiger partial charge in [0.2, 0.25) is 0 Å². The molecule has 0 aliphatic carbocycles. The first kappa shape index (κ1) is 6.58. The molecule has 0 aromatic carbocycles. The van der Waals surface area contributed by atoms with E-state index >= 15 is 0 Å². The van der Waals surface area contributed by atoms with Gasteiger partial charge in [-0.05, 0) is 6.92 Å². The number of nitrogens with zero attached hydrogens (tertiary/aromatic N) is 1. The normalized spacial score (nSPS) is 41.7. The lowest BCUT2D eigenvalue weighted by atomic mass is 10.3. The average molecular weight is 143 g/mol. The highest BCUT2D eigenvalue weighted by Gasteiger charge is 2.45. The van der Waals surface area contributed by atoms with Crippen LogP contribution >= 0.6 is 0 Å². The van der Waals surface area contributed by atoms with Gasteiger partial charge in [-0.3, -0.25) is 4.90 Å². The monoisotopic (exact) mass is 143 g/mol. The maximum Gasteiger partial charge on any atom is 0.142 e. The van der Waals surface area contributed by atoms with E-state index in [4.69, 9.17) is 9.47 Å². The molecule has 1 unspecified atom stereocenters. The highest BCUT2D eigenvalue weighted by atomic mass is 16.6. The first-order valence-corrected chi connectivity index (χ1v) is 3.78. The van der Waals surface area contributed by atoms with Gasteiger partial charge in [0.1, 0.15) is 5.72 Å². The van der Waals surface area contributed by atoms with E-state index in [0.29, 0.717) is 0 Å². The summed E-state index contributed by atoms with van der Waals surface area (Å²) in [7, 11) is 0. The summed E-state index contributed by atoms with van der Waals surface area (Å²) in [6, 6.07) is 0. The Labute approximate surface area is 60.9 Å². The first-order chi connectivity index (χ1) is 4.81. The molecule has 0 radical (unpaired) electrons. The molecule has 2 aliphatic rings. The Bertz CT molecular complexity index is 128. The molecule has 3 heteroatoms. The molecule has 10 heavy (non-hydrogen) atoms. The Hall–Kier alpha value is -0.120. The van der Waals surface area contributed by atoms with Crippen molar-refractivity contribution in [3.8, 4) is 0 Å². The van der Waals surface area contributed by atoms with Crippen molar-refractivity contribution in [1.82, 2.24) is 4.90 Å². The summed E-state index contributed by atoms with van der Waals surface area (Å²) in [6.07, 6.45) is 0. The van der Waals surface area contributed by atoms with E-state index in [-0.39, 0.29) is 5.72 Å². The predicted molar refractivity (Wildman–Crippen MR) is 36.7 cm³/mol. The van der Waals surface area contributed by atoms with Crippen LogP contribution in [0.3, 0.4) is 0 Å². The van der Waals surface area contributed by atoms with Crippen LogP contribution in [-0.2, 0) is 9.47 Å². The molecule has 2 fully saturated rings. The van der Waals surface area contributed by atoms with E-state index in [1.165, 1.54) is 0 Å². The molecule has 0 bridgehead atoms. The SMILES string of the molecule is CC1(N2CCOCC2)CO1. The van der Waals surface area contributed by atoms with Crippen molar-refractivity contribution >= 4 is 0 Å². The third kappa shape index (κ3) is 1.05. The summed E-state index contributed by atoms with van der Waals surface area (Å²) in [6.45, 7) is 6.80. The summed E-state index contributed by atoms with van der Waals surface area (Å²) in [5.74, 6) is 0. The quantitative estimate of drug-likeness (QED) is 0.485. The highest BCUT2D eigenvalue weighted by Crippen LogP contribution is 2.30. The summed E-state index contributed by atoms with van der Waals surface area (Å²) >= 11 is 0. The van der Waals surface area contributed by atoms with Crippen LogP contribution in [-0.4, -0.2) is 43.5 Å². The van der Waals surface area contributed by atoms with Crippen molar-refractivity contribution in [1.29, 1.82) is 0 Å². The second-order valence-corrected chi connectivity index (χ2v) is 3.06. The molecular weight excluding hydrogens is 130 g/mol. The smallest absolute Gasteiger partial charge is 0.142 e. The van der Waals surface area contributed by atoms with Gasteiger partial charge in [-0.1, -0.05) is 0 Å². The largest absolute Gasteiger partial charge is 0.379 e. The van der Waals surface area contributed by atoms with Gasteiger partial charge in [-0.15, -0.1) is 0 Å². The maximum atomic E-state index is 5.31. The predicted octanol–water partition coefficient (Wildman–Crippen LogP) is 0.0650. The zero-order chi connectivity index (χ0) is 7.03. The number of hydrogen-bond acceptors (Lipinski definition) is 3. The zero-order valence-corrected chi connectivity index (χ0v) is 6.30. The molecule has 0 N–H and O–H groups in total. The topological polar surface area (TPSA) is 25.0 Å². The minimum atomic E-state index is 0.0732. The maximum absolute atomic E-state index is 5.31. The molecular formula is C7H13NO2. The van der Waals surface area contributed by atoms with Gasteiger partial charge in [0.05, 0.1) is 19.8 Å². The second kappa shape index (κ2) is 2.19. The van der Waals surface area contributed by atoms with Gasteiger partial charge in [-0.25, -0.2) is 0 Å². The van der Waals surface area contributed by atoms with Gasteiger partial charge >= 0.3 is 0 Å². The van der Waals surface area contributed by atoms with Gasteiger partial charge < -0.3 is 9.47 Å². The number of epoxide rings is 1. The molecule has 0 amide bonds. The Kier molecular flexibility index (Phi) is 1.44. The Morgan fingerprint density at radius 3 is 2.40 bits per heavy atom. The van der Waals surface area contributed by atoms with Gasteiger partial charge in [-0.2, -0.15) is 0 Å². The van der Waals surface area contributed by atoms with E-state index < -0.39 is 0 Å². The number of ether oxygens (including phenoxy) is 2. The third-order valence-corrected chi connectivity index (χ3v) is 2.24. The molecule has 2 rings (SSSR count). The molecule has 2 aliphatic heterocycles. The van der Waals surface area contributed by atoms with Crippen LogP contribution in [0.4, 0.5) is 0 Å². The van der Waals surface area contributed by atoms with E-state index in [0.717, 1.165) is 32.9 Å². The van der Waals surface area contributed by atoms with Crippen LogP contribution in [0.2, 0.25) is 0 Å². The molecule has 2 saturated heterocycles. The Morgan fingerprint density at radius 2 is 1.90 bits per heavy atom. The zero-order valence-electron chi connectivity index (χ0n) is 6.30. The van der Waals surface area contributed by atoms with Crippen molar-refractivity contribution in [2.45, 2.75) is 12.6 Å². The van der Waals surface area contributed by atoms with Gasteiger partial charge in [0, 0.05) is 13.1 Å². The number of hydrogen-bond donors (Lipinski definition) is 0. The summed E-state index contributed by atoms with van der Waals surface area (Å²) in [4.78, 5) is 2.34. The fourth-order valence-electron chi connectivity index (χ4n) is 1.32. The molecule has 58 valence electrons. The van der Waals surface area contributed by atoms with Gasteiger partial charge in [0.25, 0.3) is 0 Å².